The van der Waals surface area contributed by atoms with Crippen molar-refractivity contribution < 1.29 is 9.90 Å². The third kappa shape index (κ3) is 2.71. The Hall–Kier alpha value is -2.08. The van der Waals surface area contributed by atoms with Crippen LogP contribution in [0.2, 0.25) is 5.02 Å². The molecule has 110 valence electrons. The number of carbonyl (C=O) groups excluding carboxylic acids is 1. The molecule has 0 aliphatic carbocycles. The molecule has 2 N–H and O–H groups in total. The molecular formula is C14H15ClN4O2. The standard InChI is InChI=1S/C14H15ClN4O2/c15-9-4-5-10(12(20)7-9)14(21)19-6-2-1-3-11(19)13-16-8-17-18-13/h4-5,7-8,11,20H,1-3,6H2,(H,16,17,18). The van der Waals surface area contributed by atoms with Crippen LogP contribution in [0.25, 0.3) is 0 Å². The van der Waals surface area contributed by atoms with Gasteiger partial charge in [-0.15, -0.1) is 0 Å². The molecule has 1 saturated heterocycles. The third-order valence-electron chi connectivity index (χ3n) is 3.70. The van der Waals surface area contributed by atoms with E-state index in [1.54, 1.807) is 17.0 Å². The number of aromatic amines is 1. The average Bonchev–Trinajstić information content (AvgIpc) is 3.01. The first-order valence-corrected chi connectivity index (χ1v) is 7.19. The number of H-pyrrole nitrogens is 1. The zero-order valence-corrected chi connectivity index (χ0v) is 12.0. The van der Waals surface area contributed by atoms with E-state index < -0.39 is 0 Å². The lowest BCUT2D eigenvalue weighted by molar-refractivity contribution is 0.0597. The molecule has 0 spiro atoms. The Bertz CT molecular complexity index is 644. The molecule has 2 heterocycles. The van der Waals surface area contributed by atoms with Gasteiger partial charge in [0.15, 0.2) is 0 Å². The van der Waals surface area contributed by atoms with Crippen molar-refractivity contribution >= 4 is 17.5 Å². The highest BCUT2D eigenvalue weighted by molar-refractivity contribution is 6.30. The van der Waals surface area contributed by atoms with Crippen LogP contribution in [-0.4, -0.2) is 37.6 Å². The fourth-order valence-corrected chi connectivity index (χ4v) is 2.84. The summed E-state index contributed by atoms with van der Waals surface area (Å²) in [6, 6.07) is 4.39. The minimum Gasteiger partial charge on any atom is -0.507 e. The summed E-state index contributed by atoms with van der Waals surface area (Å²) in [5.74, 6) is 0.358. The number of hydrogen-bond acceptors (Lipinski definition) is 4. The van der Waals surface area contributed by atoms with Gasteiger partial charge in [0.2, 0.25) is 0 Å². The Kier molecular flexibility index (Phi) is 3.79. The van der Waals surface area contributed by atoms with E-state index in [2.05, 4.69) is 15.2 Å². The van der Waals surface area contributed by atoms with Crippen LogP contribution in [0, 0.1) is 0 Å². The van der Waals surface area contributed by atoms with E-state index in [0.717, 1.165) is 19.3 Å². The highest BCUT2D eigenvalue weighted by Gasteiger charge is 2.31. The summed E-state index contributed by atoms with van der Waals surface area (Å²) in [5, 5.41) is 17.0. The summed E-state index contributed by atoms with van der Waals surface area (Å²) < 4.78 is 0. The van der Waals surface area contributed by atoms with Crippen LogP contribution in [0.4, 0.5) is 0 Å². The van der Waals surface area contributed by atoms with E-state index in [4.69, 9.17) is 11.6 Å². The molecule has 1 fully saturated rings. The topological polar surface area (TPSA) is 82.1 Å². The number of nitrogens with one attached hydrogen (secondary N) is 1. The normalized spacial score (nSPS) is 18.7. The largest absolute Gasteiger partial charge is 0.507 e. The SMILES string of the molecule is O=C(c1ccc(Cl)cc1O)N1CCCCC1c1ncn[nH]1. The first kappa shape index (κ1) is 13.9. The van der Waals surface area contributed by atoms with Gasteiger partial charge in [0.25, 0.3) is 5.91 Å². The van der Waals surface area contributed by atoms with Gasteiger partial charge in [-0.05, 0) is 37.5 Å². The summed E-state index contributed by atoms with van der Waals surface area (Å²) in [7, 11) is 0. The van der Waals surface area contributed by atoms with Crippen LogP contribution in [0.15, 0.2) is 24.5 Å². The van der Waals surface area contributed by atoms with E-state index >= 15 is 0 Å². The highest BCUT2D eigenvalue weighted by atomic mass is 35.5. The van der Waals surface area contributed by atoms with Crippen LogP contribution in [-0.2, 0) is 0 Å². The van der Waals surface area contributed by atoms with Crippen molar-refractivity contribution in [2.75, 3.05) is 6.54 Å². The van der Waals surface area contributed by atoms with Gasteiger partial charge in [0.05, 0.1) is 11.6 Å². The number of rotatable bonds is 2. The Balaban J connectivity index is 1.91. The van der Waals surface area contributed by atoms with Crippen molar-refractivity contribution in [2.24, 2.45) is 0 Å². The third-order valence-corrected chi connectivity index (χ3v) is 3.94. The summed E-state index contributed by atoms with van der Waals surface area (Å²) in [5.41, 5.74) is 0.255. The van der Waals surface area contributed by atoms with Crippen molar-refractivity contribution in [1.29, 1.82) is 0 Å². The number of halogens is 1. The smallest absolute Gasteiger partial charge is 0.258 e. The number of aromatic hydroxyl groups is 1. The lowest BCUT2D eigenvalue weighted by Crippen LogP contribution is -2.39. The van der Waals surface area contributed by atoms with E-state index in [0.29, 0.717) is 17.4 Å². The Morgan fingerprint density at radius 1 is 1.43 bits per heavy atom. The molecule has 1 atom stereocenters. The number of amides is 1. The molecule has 6 nitrogen and oxygen atoms in total. The maximum atomic E-state index is 12.7. The Morgan fingerprint density at radius 3 is 3.00 bits per heavy atom. The van der Waals surface area contributed by atoms with Crippen LogP contribution in [0.3, 0.4) is 0 Å². The molecule has 1 aliphatic rings. The summed E-state index contributed by atoms with van der Waals surface area (Å²) in [4.78, 5) is 18.6. The summed E-state index contributed by atoms with van der Waals surface area (Å²) in [6.45, 7) is 0.631. The van der Waals surface area contributed by atoms with E-state index in [1.165, 1.54) is 12.4 Å². The number of likely N-dealkylation sites (tertiary alicyclic amines) is 1. The molecule has 0 radical (unpaired) electrons. The van der Waals surface area contributed by atoms with E-state index in [1.807, 2.05) is 0 Å². The fraction of sp³-hybridized carbons (Fsp3) is 0.357. The first-order chi connectivity index (χ1) is 10.2. The highest BCUT2D eigenvalue weighted by Crippen LogP contribution is 2.32. The minimum absolute atomic E-state index is 0.102. The van der Waals surface area contributed by atoms with Crippen LogP contribution < -0.4 is 0 Å². The number of carbonyl (C=O) groups is 1. The van der Waals surface area contributed by atoms with Crippen molar-refractivity contribution in [3.05, 3.63) is 40.9 Å². The average molecular weight is 307 g/mol. The van der Waals surface area contributed by atoms with Crippen molar-refractivity contribution in [1.82, 2.24) is 20.1 Å². The number of hydrogen-bond donors (Lipinski definition) is 2. The Labute approximate surface area is 126 Å². The van der Waals surface area contributed by atoms with Gasteiger partial charge >= 0.3 is 0 Å². The van der Waals surface area contributed by atoms with Gasteiger partial charge in [-0.2, -0.15) is 5.10 Å². The first-order valence-electron chi connectivity index (χ1n) is 6.81. The molecule has 1 aliphatic heterocycles. The van der Waals surface area contributed by atoms with Crippen LogP contribution in [0.5, 0.6) is 5.75 Å². The van der Waals surface area contributed by atoms with Crippen molar-refractivity contribution in [2.45, 2.75) is 25.3 Å². The maximum Gasteiger partial charge on any atom is 0.258 e. The molecule has 2 aromatic rings. The van der Waals surface area contributed by atoms with Gasteiger partial charge in [0, 0.05) is 11.6 Å². The number of benzene rings is 1. The van der Waals surface area contributed by atoms with Crippen molar-refractivity contribution in [3.8, 4) is 5.75 Å². The summed E-state index contributed by atoms with van der Waals surface area (Å²) >= 11 is 5.81. The van der Waals surface area contributed by atoms with Crippen LogP contribution in [0.1, 0.15) is 41.5 Å². The zero-order chi connectivity index (χ0) is 14.8. The second-order valence-electron chi connectivity index (χ2n) is 5.04. The second kappa shape index (κ2) is 5.73. The van der Waals surface area contributed by atoms with Gasteiger partial charge in [-0.25, -0.2) is 4.98 Å². The molecule has 1 amide bonds. The van der Waals surface area contributed by atoms with Crippen molar-refractivity contribution in [3.63, 3.8) is 0 Å². The quantitative estimate of drug-likeness (QED) is 0.893. The number of phenolic OH excluding ortho intramolecular Hbond substituents is 1. The van der Waals surface area contributed by atoms with Gasteiger partial charge in [-0.1, -0.05) is 11.6 Å². The predicted molar refractivity (Wildman–Crippen MR) is 77.1 cm³/mol. The Morgan fingerprint density at radius 2 is 2.29 bits per heavy atom. The molecule has 21 heavy (non-hydrogen) atoms. The number of aromatic nitrogens is 3. The van der Waals surface area contributed by atoms with Gasteiger partial charge in [0.1, 0.15) is 17.9 Å². The van der Waals surface area contributed by atoms with E-state index in [9.17, 15) is 9.90 Å². The molecular weight excluding hydrogens is 292 g/mol. The molecule has 3 rings (SSSR count). The molecule has 1 aromatic heterocycles. The monoisotopic (exact) mass is 306 g/mol. The number of piperidine rings is 1. The molecule has 0 saturated carbocycles. The predicted octanol–water partition coefficient (Wildman–Crippen LogP) is 2.53. The van der Waals surface area contributed by atoms with Gasteiger partial charge < -0.3 is 10.0 Å². The molecule has 1 unspecified atom stereocenters. The minimum atomic E-state index is -0.217. The van der Waals surface area contributed by atoms with E-state index in [-0.39, 0.29) is 23.3 Å². The number of nitrogens with zero attached hydrogens (tertiary/aromatic N) is 3. The summed E-state index contributed by atoms with van der Waals surface area (Å²) in [6.07, 6.45) is 4.23. The fourth-order valence-electron chi connectivity index (χ4n) is 2.67. The van der Waals surface area contributed by atoms with Crippen LogP contribution >= 0.6 is 11.6 Å². The zero-order valence-electron chi connectivity index (χ0n) is 11.3. The molecule has 7 heteroatoms. The number of phenols is 1. The lowest BCUT2D eigenvalue weighted by Gasteiger charge is -2.34. The van der Waals surface area contributed by atoms with Gasteiger partial charge in [-0.3, -0.25) is 9.89 Å². The molecule has 0 bridgehead atoms. The lowest BCUT2D eigenvalue weighted by atomic mass is 10.00. The second-order valence-corrected chi connectivity index (χ2v) is 5.48. The maximum absolute atomic E-state index is 12.7. The molecule has 1 aromatic carbocycles.